The molecular weight excluding hydrogens is 352 g/mol. The number of nitro groups is 1. The number of rotatable bonds is 5. The van der Waals surface area contributed by atoms with E-state index < -0.39 is 28.6 Å². The van der Waals surface area contributed by atoms with Gasteiger partial charge in [-0.25, -0.2) is 0 Å². The Hall–Kier alpha value is -2.90. The van der Waals surface area contributed by atoms with Crippen molar-refractivity contribution < 1.29 is 24.4 Å². The van der Waals surface area contributed by atoms with E-state index >= 15 is 0 Å². The molecule has 0 aromatic heterocycles. The van der Waals surface area contributed by atoms with E-state index in [-0.39, 0.29) is 29.0 Å². The molecule has 2 bridgehead atoms. The second-order valence-electron chi connectivity index (χ2n) is 7.27. The Balaban J connectivity index is 1.94. The summed E-state index contributed by atoms with van der Waals surface area (Å²) in [7, 11) is 1.40. The zero-order valence-corrected chi connectivity index (χ0v) is 15.4. The Morgan fingerprint density at radius 1 is 1.22 bits per heavy atom. The summed E-state index contributed by atoms with van der Waals surface area (Å²) in [6.07, 6.45) is 1.55. The molecule has 27 heavy (non-hydrogen) atoms. The number of nitro benzene ring substituents is 1. The number of carboxylic acid groups (broad SMARTS) is 1. The highest BCUT2D eigenvalue weighted by Gasteiger charge is 2.57. The van der Waals surface area contributed by atoms with Gasteiger partial charge in [0.15, 0.2) is 0 Å². The predicted octanol–water partition coefficient (Wildman–Crippen LogP) is 3.24. The van der Waals surface area contributed by atoms with Crippen LogP contribution in [0.5, 0.6) is 5.75 Å². The van der Waals surface area contributed by atoms with Crippen molar-refractivity contribution in [3.05, 3.63) is 39.5 Å². The van der Waals surface area contributed by atoms with Crippen LogP contribution in [0.2, 0.25) is 0 Å². The molecule has 0 aliphatic heterocycles. The summed E-state index contributed by atoms with van der Waals surface area (Å²) in [4.78, 5) is 35.4. The number of anilines is 1. The molecule has 1 amide bonds. The number of amides is 1. The number of nitrogens with one attached hydrogen (secondary N) is 1. The lowest BCUT2D eigenvalue weighted by Gasteiger charge is -2.26. The van der Waals surface area contributed by atoms with Gasteiger partial charge in [0.05, 0.1) is 29.6 Å². The van der Waals surface area contributed by atoms with Crippen molar-refractivity contribution in [3.63, 3.8) is 0 Å². The maximum Gasteiger partial charge on any atom is 0.307 e. The topological polar surface area (TPSA) is 119 Å². The van der Waals surface area contributed by atoms with Crippen LogP contribution >= 0.6 is 0 Å². The molecule has 0 radical (unpaired) electrons. The van der Waals surface area contributed by atoms with Crippen LogP contribution in [0.4, 0.5) is 11.4 Å². The third kappa shape index (κ3) is 3.15. The molecule has 2 N–H and O–H groups in total. The summed E-state index contributed by atoms with van der Waals surface area (Å²) in [6.45, 7) is 3.90. The third-order valence-electron chi connectivity index (χ3n) is 5.66. The lowest BCUT2D eigenvalue weighted by atomic mass is 9.78. The van der Waals surface area contributed by atoms with Crippen LogP contribution < -0.4 is 10.1 Å². The molecule has 8 heteroatoms. The van der Waals surface area contributed by atoms with E-state index in [1.165, 1.54) is 25.3 Å². The van der Waals surface area contributed by atoms with Crippen molar-refractivity contribution in [2.24, 2.45) is 23.7 Å². The van der Waals surface area contributed by atoms with Crippen LogP contribution in [0, 0.1) is 33.8 Å². The molecule has 1 aromatic carbocycles. The van der Waals surface area contributed by atoms with Crippen molar-refractivity contribution in [1.29, 1.82) is 0 Å². The van der Waals surface area contributed by atoms with Crippen molar-refractivity contribution in [1.82, 2.24) is 0 Å². The molecule has 3 rings (SSSR count). The molecular formula is C19H22N2O6. The number of non-ortho nitro benzene ring substituents is 1. The zero-order chi connectivity index (χ0) is 19.9. The number of aliphatic carboxylic acids is 1. The molecule has 2 fully saturated rings. The number of nitrogens with zero attached hydrogens (tertiary/aromatic N) is 1. The van der Waals surface area contributed by atoms with Crippen LogP contribution in [-0.2, 0) is 9.59 Å². The summed E-state index contributed by atoms with van der Waals surface area (Å²) in [5, 5.41) is 23.4. The summed E-state index contributed by atoms with van der Waals surface area (Å²) in [5.41, 5.74) is 2.13. The van der Waals surface area contributed by atoms with Gasteiger partial charge in [-0.15, -0.1) is 0 Å². The number of methoxy groups -OCH3 is 1. The highest BCUT2D eigenvalue weighted by atomic mass is 16.6. The quantitative estimate of drug-likeness (QED) is 0.464. The van der Waals surface area contributed by atoms with Gasteiger partial charge in [0.1, 0.15) is 5.75 Å². The third-order valence-corrected chi connectivity index (χ3v) is 5.66. The Kier molecular flexibility index (Phi) is 4.91. The lowest BCUT2D eigenvalue weighted by molar-refractivity contribution is -0.384. The summed E-state index contributed by atoms with van der Waals surface area (Å²) < 4.78 is 5.18. The SMILES string of the molecule is COc1ccc([N+](=O)[O-])cc1NC(=O)[C@@H]1[C@H](C(=O)O)[C@H]2CC[C@H]1C2=C(C)C. The first-order valence-electron chi connectivity index (χ1n) is 8.79. The molecule has 0 unspecified atom stereocenters. The smallest absolute Gasteiger partial charge is 0.307 e. The molecule has 4 atom stereocenters. The highest BCUT2D eigenvalue weighted by molar-refractivity contribution is 5.98. The van der Waals surface area contributed by atoms with Crippen LogP contribution in [0.1, 0.15) is 26.7 Å². The summed E-state index contributed by atoms with van der Waals surface area (Å²) in [5.74, 6) is -2.84. The standard InChI is InChI=1S/C19H22N2O6/c1-9(2)15-11-5-6-12(15)17(19(23)24)16(11)18(22)20-13-8-10(21(25)26)4-7-14(13)27-3/h4,7-8,11-12,16-17H,5-6H2,1-3H3,(H,20,22)(H,23,24)/t11-,12-,16-,17+/m0/s1. The van der Waals surface area contributed by atoms with E-state index in [0.717, 1.165) is 24.0 Å². The molecule has 2 saturated carbocycles. The number of ether oxygens (including phenoxy) is 1. The number of carbonyl (C=O) groups is 2. The normalized spacial score (nSPS) is 26.0. The molecule has 0 spiro atoms. The van der Waals surface area contributed by atoms with E-state index in [4.69, 9.17) is 4.74 Å². The predicted molar refractivity (Wildman–Crippen MR) is 97.5 cm³/mol. The fourth-order valence-electron chi connectivity index (χ4n) is 4.73. The zero-order valence-electron chi connectivity index (χ0n) is 15.4. The maximum atomic E-state index is 13.0. The average molecular weight is 374 g/mol. The van der Waals surface area contributed by atoms with E-state index in [0.29, 0.717) is 0 Å². The first-order chi connectivity index (χ1) is 12.8. The number of allylic oxidation sites excluding steroid dienone is 2. The summed E-state index contributed by atoms with van der Waals surface area (Å²) >= 11 is 0. The highest BCUT2D eigenvalue weighted by Crippen LogP contribution is 2.57. The number of carbonyl (C=O) groups excluding carboxylic acids is 1. The number of hydrogen-bond donors (Lipinski definition) is 2. The second-order valence-corrected chi connectivity index (χ2v) is 7.27. The van der Waals surface area contributed by atoms with Gasteiger partial charge >= 0.3 is 5.97 Å². The van der Waals surface area contributed by atoms with Crippen molar-refractivity contribution in [2.45, 2.75) is 26.7 Å². The number of hydrogen-bond acceptors (Lipinski definition) is 5. The first kappa shape index (κ1) is 18.9. The van der Waals surface area contributed by atoms with Gasteiger partial charge < -0.3 is 15.2 Å². The molecule has 0 heterocycles. The van der Waals surface area contributed by atoms with Gasteiger partial charge in [-0.05, 0) is 44.6 Å². The second kappa shape index (κ2) is 7.02. The first-order valence-corrected chi connectivity index (χ1v) is 8.79. The number of carboxylic acids is 1. The molecule has 0 saturated heterocycles. The average Bonchev–Trinajstić information content (AvgIpc) is 3.17. The lowest BCUT2D eigenvalue weighted by Crippen LogP contribution is -2.37. The van der Waals surface area contributed by atoms with Crippen LogP contribution in [0.25, 0.3) is 0 Å². The van der Waals surface area contributed by atoms with E-state index in [2.05, 4.69) is 5.32 Å². The molecule has 144 valence electrons. The van der Waals surface area contributed by atoms with Gasteiger partial charge in [-0.1, -0.05) is 11.1 Å². The van der Waals surface area contributed by atoms with Crippen molar-refractivity contribution >= 4 is 23.3 Å². The van der Waals surface area contributed by atoms with Gasteiger partial charge in [-0.3, -0.25) is 19.7 Å². The molecule has 2 aliphatic carbocycles. The van der Waals surface area contributed by atoms with Crippen LogP contribution in [0.15, 0.2) is 29.3 Å². The monoisotopic (exact) mass is 374 g/mol. The minimum atomic E-state index is -0.980. The fourth-order valence-corrected chi connectivity index (χ4v) is 4.73. The van der Waals surface area contributed by atoms with Crippen molar-refractivity contribution in [2.75, 3.05) is 12.4 Å². The summed E-state index contributed by atoms with van der Waals surface area (Å²) in [6, 6.07) is 3.92. The Labute approximate surface area is 156 Å². The van der Waals surface area contributed by atoms with Gasteiger partial charge in [0, 0.05) is 12.1 Å². The van der Waals surface area contributed by atoms with Gasteiger partial charge in [0.25, 0.3) is 5.69 Å². The minimum absolute atomic E-state index is 0.106. The fraction of sp³-hybridized carbons (Fsp3) is 0.474. The van der Waals surface area contributed by atoms with Gasteiger partial charge in [0.2, 0.25) is 5.91 Å². The number of fused-ring (bicyclic) bond motifs is 2. The van der Waals surface area contributed by atoms with Crippen LogP contribution in [-0.4, -0.2) is 29.0 Å². The minimum Gasteiger partial charge on any atom is -0.495 e. The molecule has 8 nitrogen and oxygen atoms in total. The Bertz CT molecular complexity index is 843. The van der Waals surface area contributed by atoms with E-state index in [1.807, 2.05) is 13.8 Å². The maximum absolute atomic E-state index is 13.0. The van der Waals surface area contributed by atoms with Gasteiger partial charge in [-0.2, -0.15) is 0 Å². The van der Waals surface area contributed by atoms with E-state index in [9.17, 15) is 24.8 Å². The molecule has 1 aromatic rings. The van der Waals surface area contributed by atoms with E-state index in [1.54, 1.807) is 0 Å². The Morgan fingerprint density at radius 2 is 1.85 bits per heavy atom. The Morgan fingerprint density at radius 3 is 2.37 bits per heavy atom. The van der Waals surface area contributed by atoms with Crippen LogP contribution in [0.3, 0.4) is 0 Å². The molecule has 2 aliphatic rings. The number of benzene rings is 1. The largest absolute Gasteiger partial charge is 0.495 e. The van der Waals surface area contributed by atoms with Crippen molar-refractivity contribution in [3.8, 4) is 5.75 Å².